The SMILES string of the molecule is c1ccc(N(c2ccc3c(c2)C2(c4ccccc4Oc4ccccc42)c2ccccc2-3)c2ccc3c(c2)sc2ccc(N(c4ccccc4)c4ccccc4)cc23)cc1. The fourth-order valence-corrected chi connectivity index (χ4v) is 10.8. The second-order valence-electron chi connectivity index (χ2n) is 15.3. The number of thiophene rings is 1. The molecule has 0 atom stereocenters. The van der Waals surface area contributed by atoms with E-state index in [1.54, 1.807) is 0 Å². The molecule has 0 saturated heterocycles. The van der Waals surface area contributed by atoms with Crippen LogP contribution in [0.25, 0.3) is 31.3 Å². The molecule has 0 unspecified atom stereocenters. The summed E-state index contributed by atoms with van der Waals surface area (Å²) in [6.07, 6.45) is 0. The average Bonchev–Trinajstić information content (AvgIpc) is 3.80. The summed E-state index contributed by atoms with van der Waals surface area (Å²) in [5.74, 6) is 1.79. The standard InChI is InChI=1S/C55H36N2OS/c1-4-16-37(17-5-1)56(38-18-6-2-7-19-38)40-30-33-53-46(34-40)45-32-29-42(36-54(45)59-53)57(39-20-8-3-9-21-39)41-28-31-44-43-22-10-11-23-47(43)55(50(44)35-41)48-24-12-14-26-51(48)58-52-27-15-13-25-49(52)55/h1-36H. The number of para-hydroxylation sites is 5. The lowest BCUT2D eigenvalue weighted by molar-refractivity contribution is 0.436. The number of ether oxygens (including phenoxy) is 1. The van der Waals surface area contributed by atoms with E-state index in [1.165, 1.54) is 42.4 Å². The van der Waals surface area contributed by atoms with Crippen molar-refractivity contribution in [1.82, 2.24) is 0 Å². The summed E-state index contributed by atoms with van der Waals surface area (Å²) in [5, 5.41) is 2.51. The van der Waals surface area contributed by atoms with Crippen LogP contribution in [-0.4, -0.2) is 0 Å². The number of hydrogen-bond acceptors (Lipinski definition) is 4. The van der Waals surface area contributed by atoms with Gasteiger partial charge < -0.3 is 14.5 Å². The molecule has 2 heterocycles. The minimum absolute atomic E-state index is 0.545. The molecular formula is C55H36N2OS. The summed E-state index contributed by atoms with van der Waals surface area (Å²) in [6, 6.07) is 79.0. The van der Waals surface area contributed by atoms with Crippen LogP contribution in [0, 0.1) is 0 Å². The molecule has 1 aromatic heterocycles. The van der Waals surface area contributed by atoms with Crippen LogP contribution in [0.5, 0.6) is 11.5 Å². The van der Waals surface area contributed by atoms with E-state index in [0.29, 0.717) is 0 Å². The smallest absolute Gasteiger partial charge is 0.132 e. The number of nitrogens with zero attached hydrogens (tertiary/aromatic N) is 2. The number of anilines is 6. The van der Waals surface area contributed by atoms with Crippen molar-refractivity contribution >= 4 is 65.6 Å². The molecule has 59 heavy (non-hydrogen) atoms. The lowest BCUT2D eigenvalue weighted by atomic mass is 9.66. The second-order valence-corrected chi connectivity index (χ2v) is 16.3. The molecule has 0 bridgehead atoms. The van der Waals surface area contributed by atoms with Gasteiger partial charge in [-0.1, -0.05) is 127 Å². The molecule has 0 N–H and O–H groups in total. The fraction of sp³-hybridized carbons (Fsp3) is 0.0182. The Hall–Kier alpha value is -7.40. The Morgan fingerprint density at radius 3 is 1.44 bits per heavy atom. The third-order valence-corrected chi connectivity index (χ3v) is 13.2. The summed E-state index contributed by atoms with van der Waals surface area (Å²) in [5.41, 5.74) is 13.6. The van der Waals surface area contributed by atoms with E-state index in [2.05, 4.69) is 228 Å². The Bertz CT molecular complexity index is 3130. The molecule has 0 fully saturated rings. The van der Waals surface area contributed by atoms with Crippen molar-refractivity contribution in [2.24, 2.45) is 0 Å². The number of hydrogen-bond donors (Lipinski definition) is 0. The van der Waals surface area contributed by atoms with Gasteiger partial charge in [0.05, 0.1) is 5.41 Å². The highest BCUT2D eigenvalue weighted by Crippen LogP contribution is 2.62. The molecule has 4 heteroatoms. The van der Waals surface area contributed by atoms with Crippen LogP contribution in [-0.2, 0) is 5.41 Å². The topological polar surface area (TPSA) is 15.7 Å². The van der Waals surface area contributed by atoms with Crippen molar-refractivity contribution in [3.05, 3.63) is 241 Å². The van der Waals surface area contributed by atoms with Crippen LogP contribution in [0.15, 0.2) is 218 Å². The number of fused-ring (bicyclic) bond motifs is 12. The summed E-state index contributed by atoms with van der Waals surface area (Å²) >= 11 is 1.85. The van der Waals surface area contributed by atoms with Crippen molar-refractivity contribution < 1.29 is 4.74 Å². The van der Waals surface area contributed by atoms with E-state index < -0.39 is 5.41 Å². The van der Waals surface area contributed by atoms with Crippen molar-refractivity contribution in [2.45, 2.75) is 5.41 Å². The zero-order valence-electron chi connectivity index (χ0n) is 32.0. The van der Waals surface area contributed by atoms with Crippen LogP contribution in [0.2, 0.25) is 0 Å². The second kappa shape index (κ2) is 13.3. The third-order valence-electron chi connectivity index (χ3n) is 12.1. The first-order chi connectivity index (χ1) is 29.3. The van der Waals surface area contributed by atoms with Gasteiger partial charge in [0.15, 0.2) is 0 Å². The first kappa shape index (κ1) is 33.7. The van der Waals surface area contributed by atoms with Gasteiger partial charge >= 0.3 is 0 Å². The lowest BCUT2D eigenvalue weighted by Crippen LogP contribution is -2.32. The van der Waals surface area contributed by atoms with Crippen LogP contribution in [0.1, 0.15) is 22.3 Å². The Morgan fingerprint density at radius 1 is 0.322 bits per heavy atom. The molecule has 0 amide bonds. The summed E-state index contributed by atoms with van der Waals surface area (Å²) < 4.78 is 9.14. The molecule has 1 aliphatic carbocycles. The van der Waals surface area contributed by atoms with Crippen molar-refractivity contribution in [3.8, 4) is 22.6 Å². The monoisotopic (exact) mass is 772 g/mol. The van der Waals surface area contributed by atoms with E-state index in [0.717, 1.165) is 56.8 Å². The molecule has 2 aliphatic rings. The van der Waals surface area contributed by atoms with Crippen LogP contribution >= 0.6 is 11.3 Å². The Balaban J connectivity index is 1.03. The van der Waals surface area contributed by atoms with E-state index in [-0.39, 0.29) is 0 Å². The summed E-state index contributed by atoms with van der Waals surface area (Å²) in [7, 11) is 0. The predicted octanol–water partition coefficient (Wildman–Crippen LogP) is 15.5. The van der Waals surface area contributed by atoms with E-state index in [1.807, 2.05) is 11.3 Å². The molecule has 0 saturated carbocycles. The molecule has 10 aromatic rings. The van der Waals surface area contributed by atoms with Gasteiger partial charge in [-0.3, -0.25) is 0 Å². The van der Waals surface area contributed by atoms with Gasteiger partial charge in [-0.25, -0.2) is 0 Å². The zero-order chi connectivity index (χ0) is 38.9. The van der Waals surface area contributed by atoms with Gasteiger partial charge in [0.1, 0.15) is 11.5 Å². The maximum Gasteiger partial charge on any atom is 0.132 e. The van der Waals surface area contributed by atoms with Crippen molar-refractivity contribution in [2.75, 3.05) is 9.80 Å². The molecule has 12 rings (SSSR count). The molecule has 0 radical (unpaired) electrons. The minimum atomic E-state index is -0.545. The Labute approximate surface area is 347 Å². The largest absolute Gasteiger partial charge is 0.457 e. The highest BCUT2D eigenvalue weighted by molar-refractivity contribution is 7.25. The zero-order valence-corrected chi connectivity index (χ0v) is 32.8. The van der Waals surface area contributed by atoms with Gasteiger partial charge in [0.25, 0.3) is 0 Å². The number of rotatable bonds is 6. The molecule has 1 spiro atoms. The van der Waals surface area contributed by atoms with Gasteiger partial charge in [-0.05, 0) is 113 Å². The molecular weight excluding hydrogens is 737 g/mol. The molecule has 9 aromatic carbocycles. The predicted molar refractivity (Wildman–Crippen MR) is 246 cm³/mol. The summed E-state index contributed by atoms with van der Waals surface area (Å²) in [4.78, 5) is 4.75. The van der Waals surface area contributed by atoms with E-state index >= 15 is 0 Å². The highest BCUT2D eigenvalue weighted by atomic mass is 32.1. The van der Waals surface area contributed by atoms with Gasteiger partial charge in [0, 0.05) is 65.4 Å². The van der Waals surface area contributed by atoms with E-state index in [9.17, 15) is 0 Å². The first-order valence-corrected chi connectivity index (χ1v) is 20.9. The number of benzene rings is 9. The molecule has 278 valence electrons. The maximum atomic E-state index is 6.63. The van der Waals surface area contributed by atoms with Gasteiger partial charge in [-0.15, -0.1) is 11.3 Å². The lowest BCUT2D eigenvalue weighted by Gasteiger charge is -2.39. The van der Waals surface area contributed by atoms with Crippen LogP contribution < -0.4 is 14.5 Å². The van der Waals surface area contributed by atoms with Crippen molar-refractivity contribution in [3.63, 3.8) is 0 Å². The first-order valence-electron chi connectivity index (χ1n) is 20.1. The van der Waals surface area contributed by atoms with Crippen molar-refractivity contribution in [1.29, 1.82) is 0 Å². The normalized spacial score (nSPS) is 13.0. The van der Waals surface area contributed by atoms with Crippen LogP contribution in [0.3, 0.4) is 0 Å². The van der Waals surface area contributed by atoms with Gasteiger partial charge in [0.2, 0.25) is 0 Å². The Morgan fingerprint density at radius 2 is 0.797 bits per heavy atom. The maximum absolute atomic E-state index is 6.63. The minimum Gasteiger partial charge on any atom is -0.457 e. The van der Waals surface area contributed by atoms with E-state index in [4.69, 9.17) is 4.74 Å². The van der Waals surface area contributed by atoms with Gasteiger partial charge in [-0.2, -0.15) is 0 Å². The molecule has 3 nitrogen and oxygen atoms in total. The fourth-order valence-electron chi connectivity index (χ4n) is 9.64. The third kappa shape index (κ3) is 5.13. The average molecular weight is 773 g/mol. The summed E-state index contributed by atoms with van der Waals surface area (Å²) in [6.45, 7) is 0. The quantitative estimate of drug-likeness (QED) is 0.167. The highest BCUT2D eigenvalue weighted by Gasteiger charge is 2.51. The van der Waals surface area contributed by atoms with Crippen LogP contribution in [0.4, 0.5) is 34.1 Å². The Kier molecular flexibility index (Phi) is 7.62. The molecule has 1 aliphatic heterocycles.